The number of nitrogens with one attached hydrogen (secondary N) is 1. The third kappa shape index (κ3) is 5.92. The van der Waals surface area contributed by atoms with Crippen LogP contribution >= 0.6 is 12.4 Å². The maximum Gasteiger partial charge on any atom is 0.237 e. The number of anilines is 1. The highest BCUT2D eigenvalue weighted by molar-refractivity contribution is 5.85. The second-order valence-electron chi connectivity index (χ2n) is 6.06. The zero-order valence-corrected chi connectivity index (χ0v) is 15.5. The monoisotopic (exact) mass is 355 g/mol. The van der Waals surface area contributed by atoms with Gasteiger partial charge in [-0.25, -0.2) is 4.98 Å². The molecule has 0 spiro atoms. The van der Waals surface area contributed by atoms with Gasteiger partial charge in [0.1, 0.15) is 5.82 Å². The molecule has 0 bridgehead atoms. The molecule has 1 aromatic rings. The summed E-state index contributed by atoms with van der Waals surface area (Å²) >= 11 is 0. The van der Waals surface area contributed by atoms with E-state index in [0.29, 0.717) is 13.0 Å². The number of nitrogens with zero attached hydrogens (tertiary/aromatic N) is 3. The van der Waals surface area contributed by atoms with Crippen molar-refractivity contribution in [2.45, 2.75) is 39.3 Å². The molecule has 2 heterocycles. The Bertz CT molecular complexity index is 488. The van der Waals surface area contributed by atoms with Crippen molar-refractivity contribution in [3.63, 3.8) is 0 Å². The smallest absolute Gasteiger partial charge is 0.237 e. The average Bonchev–Trinajstić information content (AvgIpc) is 2.60. The number of pyridine rings is 1. The third-order valence-electron chi connectivity index (χ3n) is 4.36. The molecule has 0 aromatic carbocycles. The SMILES string of the molecule is CCCC(N)C(=O)NCc1ccc(N2CCN(CC)CC2)nc1.Cl. The molecule has 0 aliphatic carbocycles. The van der Waals surface area contributed by atoms with Crippen LogP contribution in [-0.4, -0.2) is 54.6 Å². The number of rotatable bonds is 7. The van der Waals surface area contributed by atoms with Crippen LogP contribution < -0.4 is 16.0 Å². The number of aromatic nitrogens is 1. The molecular weight excluding hydrogens is 326 g/mol. The Hall–Kier alpha value is -1.37. The second-order valence-corrected chi connectivity index (χ2v) is 6.06. The van der Waals surface area contributed by atoms with Crippen LogP contribution in [0.1, 0.15) is 32.3 Å². The highest BCUT2D eigenvalue weighted by Gasteiger charge is 2.16. The van der Waals surface area contributed by atoms with Gasteiger partial charge in [0.05, 0.1) is 6.04 Å². The van der Waals surface area contributed by atoms with E-state index in [-0.39, 0.29) is 18.3 Å². The van der Waals surface area contributed by atoms with Crippen LogP contribution in [0.25, 0.3) is 0 Å². The molecule has 1 unspecified atom stereocenters. The third-order valence-corrected chi connectivity index (χ3v) is 4.36. The van der Waals surface area contributed by atoms with Crippen LogP contribution in [0.15, 0.2) is 18.3 Å². The molecule has 1 aliphatic heterocycles. The van der Waals surface area contributed by atoms with Crippen molar-refractivity contribution in [2.24, 2.45) is 5.73 Å². The van der Waals surface area contributed by atoms with Crippen molar-refractivity contribution in [3.8, 4) is 0 Å². The number of carbonyl (C=O) groups excluding carboxylic acids is 1. The number of amides is 1. The van der Waals surface area contributed by atoms with Crippen LogP contribution in [-0.2, 0) is 11.3 Å². The van der Waals surface area contributed by atoms with E-state index >= 15 is 0 Å². The van der Waals surface area contributed by atoms with Gasteiger partial charge in [-0.05, 0) is 24.6 Å². The molecule has 2 rings (SSSR count). The second kappa shape index (κ2) is 10.5. The Morgan fingerprint density at radius 1 is 1.29 bits per heavy atom. The van der Waals surface area contributed by atoms with Crippen molar-refractivity contribution >= 4 is 24.1 Å². The number of piperazine rings is 1. The topological polar surface area (TPSA) is 74.5 Å². The first-order chi connectivity index (χ1) is 11.1. The fourth-order valence-corrected chi connectivity index (χ4v) is 2.76. The first kappa shape index (κ1) is 20.7. The van der Waals surface area contributed by atoms with Gasteiger partial charge in [0.2, 0.25) is 5.91 Å². The van der Waals surface area contributed by atoms with E-state index in [1.54, 1.807) is 0 Å². The summed E-state index contributed by atoms with van der Waals surface area (Å²) in [4.78, 5) is 21.1. The predicted molar refractivity (Wildman–Crippen MR) is 101 cm³/mol. The molecular formula is C17H30ClN5O. The highest BCUT2D eigenvalue weighted by Crippen LogP contribution is 2.14. The normalized spacial score (nSPS) is 16.4. The largest absolute Gasteiger partial charge is 0.354 e. The van der Waals surface area contributed by atoms with Crippen molar-refractivity contribution in [1.82, 2.24) is 15.2 Å². The molecule has 1 aliphatic rings. The maximum atomic E-state index is 11.8. The van der Waals surface area contributed by atoms with Crippen molar-refractivity contribution in [3.05, 3.63) is 23.9 Å². The Balaban J connectivity index is 0.00000288. The fourth-order valence-electron chi connectivity index (χ4n) is 2.76. The molecule has 1 amide bonds. The van der Waals surface area contributed by atoms with Gasteiger partial charge in [-0.1, -0.05) is 26.3 Å². The zero-order valence-electron chi connectivity index (χ0n) is 14.7. The lowest BCUT2D eigenvalue weighted by atomic mass is 10.1. The van der Waals surface area contributed by atoms with Crippen molar-refractivity contribution in [2.75, 3.05) is 37.6 Å². The minimum absolute atomic E-state index is 0. The quantitative estimate of drug-likeness (QED) is 0.773. The maximum absolute atomic E-state index is 11.8. The number of halogens is 1. The number of hydrogen-bond acceptors (Lipinski definition) is 5. The van der Waals surface area contributed by atoms with Crippen LogP contribution in [0.5, 0.6) is 0 Å². The average molecular weight is 356 g/mol. The van der Waals surface area contributed by atoms with E-state index in [1.807, 2.05) is 25.3 Å². The number of nitrogens with two attached hydrogens (primary N) is 1. The zero-order chi connectivity index (χ0) is 16.7. The van der Waals surface area contributed by atoms with Crippen LogP contribution in [0.4, 0.5) is 5.82 Å². The van der Waals surface area contributed by atoms with E-state index in [2.05, 4.69) is 27.0 Å². The predicted octanol–water partition coefficient (Wildman–Crippen LogP) is 1.39. The Morgan fingerprint density at radius 3 is 2.54 bits per heavy atom. The summed E-state index contributed by atoms with van der Waals surface area (Å²) < 4.78 is 0. The molecule has 0 radical (unpaired) electrons. The summed E-state index contributed by atoms with van der Waals surface area (Å²) in [7, 11) is 0. The van der Waals surface area contributed by atoms with Gasteiger partial charge >= 0.3 is 0 Å². The molecule has 3 N–H and O–H groups in total. The molecule has 1 atom stereocenters. The minimum Gasteiger partial charge on any atom is -0.354 e. The van der Waals surface area contributed by atoms with Gasteiger partial charge in [-0.15, -0.1) is 12.4 Å². The van der Waals surface area contributed by atoms with Gasteiger partial charge in [-0.3, -0.25) is 4.79 Å². The number of likely N-dealkylation sites (N-methyl/N-ethyl adjacent to an activating group) is 1. The van der Waals surface area contributed by atoms with Gasteiger partial charge in [0.25, 0.3) is 0 Å². The Kier molecular flexibility index (Phi) is 9.03. The molecule has 1 saturated heterocycles. The molecule has 24 heavy (non-hydrogen) atoms. The van der Waals surface area contributed by atoms with Crippen molar-refractivity contribution < 1.29 is 4.79 Å². The summed E-state index contributed by atoms with van der Waals surface area (Å²) in [6.07, 6.45) is 3.47. The molecule has 136 valence electrons. The van der Waals surface area contributed by atoms with Crippen LogP contribution in [0.3, 0.4) is 0 Å². The lowest BCUT2D eigenvalue weighted by molar-refractivity contribution is -0.122. The van der Waals surface area contributed by atoms with Crippen LogP contribution in [0.2, 0.25) is 0 Å². The first-order valence-electron chi connectivity index (χ1n) is 8.59. The number of carbonyl (C=O) groups is 1. The van der Waals surface area contributed by atoms with E-state index in [9.17, 15) is 4.79 Å². The first-order valence-corrected chi connectivity index (χ1v) is 8.59. The van der Waals surface area contributed by atoms with Gasteiger partial charge < -0.3 is 20.9 Å². The highest BCUT2D eigenvalue weighted by atomic mass is 35.5. The summed E-state index contributed by atoms with van der Waals surface area (Å²) in [5.41, 5.74) is 6.80. The van der Waals surface area contributed by atoms with Crippen LogP contribution in [0, 0.1) is 0 Å². The molecule has 6 nitrogen and oxygen atoms in total. The van der Waals surface area contributed by atoms with Crippen molar-refractivity contribution in [1.29, 1.82) is 0 Å². The molecule has 1 fully saturated rings. The Morgan fingerprint density at radius 2 is 2.00 bits per heavy atom. The summed E-state index contributed by atoms with van der Waals surface area (Å²) in [6.45, 7) is 10.0. The van der Waals surface area contributed by atoms with E-state index in [0.717, 1.165) is 50.5 Å². The van der Waals surface area contributed by atoms with E-state index in [1.165, 1.54) is 0 Å². The summed E-state index contributed by atoms with van der Waals surface area (Å²) in [5.74, 6) is 0.921. The minimum atomic E-state index is -0.415. The van der Waals surface area contributed by atoms with E-state index in [4.69, 9.17) is 5.73 Å². The summed E-state index contributed by atoms with van der Waals surface area (Å²) in [5, 5.41) is 2.87. The van der Waals surface area contributed by atoms with E-state index < -0.39 is 6.04 Å². The lowest BCUT2D eigenvalue weighted by Gasteiger charge is -2.34. The van der Waals surface area contributed by atoms with Gasteiger partial charge in [0.15, 0.2) is 0 Å². The molecule has 1 aromatic heterocycles. The molecule has 7 heteroatoms. The van der Waals surface area contributed by atoms with Gasteiger partial charge in [0, 0.05) is 38.9 Å². The standard InChI is InChI=1S/C17H29N5O.ClH/c1-3-5-15(18)17(23)20-13-14-6-7-16(19-12-14)22-10-8-21(4-2)9-11-22;/h6-7,12,15H,3-5,8-11,13,18H2,1-2H3,(H,20,23);1H. The lowest BCUT2D eigenvalue weighted by Crippen LogP contribution is -2.46. The summed E-state index contributed by atoms with van der Waals surface area (Å²) in [6, 6.07) is 3.65. The number of hydrogen-bond donors (Lipinski definition) is 2. The Labute approximate surface area is 151 Å². The fraction of sp³-hybridized carbons (Fsp3) is 0.647. The molecule has 0 saturated carbocycles. The van der Waals surface area contributed by atoms with Gasteiger partial charge in [-0.2, -0.15) is 0 Å².